The van der Waals surface area contributed by atoms with Crippen molar-refractivity contribution in [1.29, 1.82) is 0 Å². The fourth-order valence-corrected chi connectivity index (χ4v) is 2.81. The number of carboxylic acid groups (broad SMARTS) is 1. The van der Waals surface area contributed by atoms with Crippen LogP contribution in [-0.4, -0.2) is 39.4 Å². The number of anilines is 1. The fraction of sp³-hybridized carbons (Fsp3) is 0. The van der Waals surface area contributed by atoms with Crippen LogP contribution in [0.2, 0.25) is 0 Å². The molecule has 0 unspecified atom stereocenters. The van der Waals surface area contributed by atoms with E-state index >= 15 is 0 Å². The number of carbonyl (C=O) groups is 1. The van der Waals surface area contributed by atoms with Crippen molar-refractivity contribution < 1.29 is 23.4 Å². The van der Waals surface area contributed by atoms with E-state index in [0.29, 0.717) is 0 Å². The van der Waals surface area contributed by atoms with Gasteiger partial charge in [0.15, 0.2) is 0 Å². The number of sulfonamides is 1. The Morgan fingerprint density at radius 2 is 2.11 bits per heavy atom. The summed E-state index contributed by atoms with van der Waals surface area (Å²) < 4.78 is 29.3. The summed E-state index contributed by atoms with van der Waals surface area (Å²) in [6, 6.07) is 2.89. The molecule has 0 radical (unpaired) electrons. The molecular formula is C8H6N4O5S2. The normalized spacial score (nSPS) is 11.2. The van der Waals surface area contributed by atoms with Crippen molar-refractivity contribution >= 4 is 32.7 Å². The molecule has 9 nitrogen and oxygen atoms in total. The number of hydrogen-bond donors (Lipinski definition) is 3. The maximum absolute atomic E-state index is 11.9. The molecule has 2 aromatic rings. The van der Waals surface area contributed by atoms with Crippen LogP contribution in [0.4, 0.5) is 5.13 Å². The molecule has 0 fully saturated rings. The van der Waals surface area contributed by atoms with Crippen molar-refractivity contribution in [3.05, 3.63) is 23.8 Å². The Balaban J connectivity index is 2.41. The summed E-state index contributed by atoms with van der Waals surface area (Å²) in [4.78, 5) is 10.5. The van der Waals surface area contributed by atoms with Crippen molar-refractivity contribution in [3.8, 4) is 5.75 Å². The second kappa shape index (κ2) is 4.78. The van der Waals surface area contributed by atoms with Crippen molar-refractivity contribution in [2.24, 2.45) is 0 Å². The number of aromatic hydroxyl groups is 1. The van der Waals surface area contributed by atoms with Crippen LogP contribution >= 0.6 is 11.5 Å². The van der Waals surface area contributed by atoms with E-state index in [2.05, 4.69) is 19.5 Å². The lowest BCUT2D eigenvalue weighted by molar-refractivity contribution is 0.0693. The maximum atomic E-state index is 11.9. The molecule has 0 aliphatic carbocycles. The quantitative estimate of drug-likeness (QED) is 0.723. The van der Waals surface area contributed by atoms with E-state index in [1.807, 2.05) is 0 Å². The van der Waals surface area contributed by atoms with Crippen molar-refractivity contribution in [3.63, 3.8) is 0 Å². The number of phenols is 1. The van der Waals surface area contributed by atoms with Crippen molar-refractivity contribution in [2.45, 2.75) is 4.90 Å². The highest BCUT2D eigenvalue weighted by atomic mass is 32.2. The zero-order chi connectivity index (χ0) is 14.0. The lowest BCUT2D eigenvalue weighted by Crippen LogP contribution is -2.13. The van der Waals surface area contributed by atoms with Gasteiger partial charge in [-0.2, -0.15) is 0 Å². The molecule has 11 heteroatoms. The van der Waals surface area contributed by atoms with E-state index in [0.717, 1.165) is 29.7 Å². The molecule has 19 heavy (non-hydrogen) atoms. The number of rotatable bonds is 4. The first kappa shape index (κ1) is 13.2. The Bertz CT molecular complexity index is 713. The molecule has 0 spiro atoms. The zero-order valence-electron chi connectivity index (χ0n) is 9.01. The van der Waals surface area contributed by atoms with Gasteiger partial charge in [0.05, 0.1) is 4.90 Å². The number of nitrogens with zero attached hydrogens (tertiary/aromatic N) is 3. The Morgan fingerprint density at radius 3 is 2.68 bits per heavy atom. The molecule has 0 atom stereocenters. The predicted octanol–water partition coefficient (Wildman–Crippen LogP) is 0.138. The van der Waals surface area contributed by atoms with Crippen LogP contribution in [0.3, 0.4) is 0 Å². The third-order valence-corrected chi connectivity index (χ3v) is 4.01. The lowest BCUT2D eigenvalue weighted by Gasteiger charge is -2.06. The largest absolute Gasteiger partial charge is 0.507 e. The van der Waals surface area contributed by atoms with E-state index in [1.54, 1.807) is 0 Å². The predicted molar refractivity (Wildman–Crippen MR) is 63.6 cm³/mol. The van der Waals surface area contributed by atoms with Gasteiger partial charge < -0.3 is 10.2 Å². The van der Waals surface area contributed by atoms with Crippen molar-refractivity contribution in [2.75, 3.05) is 4.72 Å². The Kier molecular flexibility index (Phi) is 3.31. The van der Waals surface area contributed by atoms with Gasteiger partial charge in [-0.05, 0) is 23.4 Å². The highest BCUT2D eigenvalue weighted by molar-refractivity contribution is 7.93. The first-order chi connectivity index (χ1) is 8.90. The van der Waals surface area contributed by atoms with Crippen LogP contribution in [0.5, 0.6) is 5.75 Å². The van der Waals surface area contributed by atoms with Gasteiger partial charge in [0, 0.05) is 11.5 Å². The van der Waals surface area contributed by atoms with Gasteiger partial charge in [-0.15, -0.1) is 0 Å². The number of benzene rings is 1. The second-order valence-corrected chi connectivity index (χ2v) is 5.67. The number of carboxylic acids is 1. The number of aromatic carboxylic acids is 1. The molecule has 0 amide bonds. The van der Waals surface area contributed by atoms with Gasteiger partial charge in [0.1, 0.15) is 11.3 Å². The van der Waals surface area contributed by atoms with Crippen molar-refractivity contribution in [1.82, 2.24) is 14.8 Å². The third kappa shape index (κ3) is 2.77. The molecule has 100 valence electrons. The lowest BCUT2D eigenvalue weighted by atomic mass is 10.2. The SMILES string of the molecule is O=C(O)c1cc(S(=O)(=O)Nc2nnns2)ccc1O. The smallest absolute Gasteiger partial charge is 0.339 e. The molecule has 0 aliphatic heterocycles. The molecule has 0 saturated carbocycles. The minimum absolute atomic E-state index is 0.0510. The van der Waals surface area contributed by atoms with Gasteiger partial charge in [0.2, 0.25) is 5.13 Å². The Hall–Kier alpha value is -2.27. The summed E-state index contributed by atoms with van der Waals surface area (Å²) in [5.41, 5.74) is -0.515. The Labute approximate surface area is 110 Å². The van der Waals surface area contributed by atoms with E-state index < -0.39 is 27.3 Å². The summed E-state index contributed by atoms with van der Waals surface area (Å²) in [6.45, 7) is 0. The Morgan fingerprint density at radius 1 is 1.37 bits per heavy atom. The van der Waals surface area contributed by atoms with E-state index in [4.69, 9.17) is 5.11 Å². The van der Waals surface area contributed by atoms with E-state index in [-0.39, 0.29) is 10.0 Å². The molecule has 3 N–H and O–H groups in total. The standard InChI is InChI=1S/C8H6N4O5S2/c13-6-2-1-4(3-5(6)7(14)15)19(16,17)10-8-9-11-12-18-8/h1-3,13H,(H,14,15)(H,9,10,12). The van der Waals surface area contributed by atoms with Gasteiger partial charge in [-0.25, -0.2) is 13.2 Å². The molecule has 0 aliphatic rings. The molecule has 2 rings (SSSR count). The van der Waals surface area contributed by atoms with E-state index in [1.165, 1.54) is 0 Å². The minimum atomic E-state index is -4.01. The topological polar surface area (TPSA) is 142 Å². The van der Waals surface area contributed by atoms with Gasteiger partial charge in [-0.1, -0.05) is 9.59 Å². The molecule has 0 saturated heterocycles. The summed E-state index contributed by atoms with van der Waals surface area (Å²) in [7, 11) is -4.01. The monoisotopic (exact) mass is 302 g/mol. The van der Waals surface area contributed by atoms with Crippen LogP contribution in [0.1, 0.15) is 10.4 Å². The number of hydrogen-bond acceptors (Lipinski definition) is 8. The zero-order valence-corrected chi connectivity index (χ0v) is 10.6. The summed E-state index contributed by atoms with van der Waals surface area (Å²) in [6.07, 6.45) is 0. The summed E-state index contributed by atoms with van der Waals surface area (Å²) in [5.74, 6) is -1.96. The van der Waals surface area contributed by atoms with Gasteiger partial charge in [-0.3, -0.25) is 4.72 Å². The average molecular weight is 302 g/mol. The van der Waals surface area contributed by atoms with Crippen LogP contribution in [0, 0.1) is 0 Å². The number of aromatic nitrogens is 3. The third-order valence-electron chi connectivity index (χ3n) is 2.03. The molecule has 1 aromatic heterocycles. The second-order valence-electron chi connectivity index (χ2n) is 3.26. The summed E-state index contributed by atoms with van der Waals surface area (Å²) >= 11 is 0.730. The average Bonchev–Trinajstić information content (AvgIpc) is 2.80. The maximum Gasteiger partial charge on any atom is 0.339 e. The summed E-state index contributed by atoms with van der Waals surface area (Å²) in [5, 5.41) is 24.7. The minimum Gasteiger partial charge on any atom is -0.507 e. The van der Waals surface area contributed by atoms with Gasteiger partial charge >= 0.3 is 5.97 Å². The van der Waals surface area contributed by atoms with Crippen LogP contribution in [0.15, 0.2) is 23.1 Å². The molecular weight excluding hydrogens is 296 g/mol. The van der Waals surface area contributed by atoms with E-state index in [9.17, 15) is 18.3 Å². The van der Waals surface area contributed by atoms with Gasteiger partial charge in [0.25, 0.3) is 10.0 Å². The highest BCUT2D eigenvalue weighted by Crippen LogP contribution is 2.23. The van der Waals surface area contributed by atoms with Crippen LogP contribution in [-0.2, 0) is 10.0 Å². The fourth-order valence-electron chi connectivity index (χ4n) is 1.20. The molecule has 0 bridgehead atoms. The first-order valence-corrected chi connectivity index (χ1v) is 6.90. The molecule has 1 heterocycles. The first-order valence-electron chi connectivity index (χ1n) is 4.64. The highest BCUT2D eigenvalue weighted by Gasteiger charge is 2.20. The van der Waals surface area contributed by atoms with Crippen LogP contribution in [0.25, 0.3) is 0 Å². The number of nitrogens with one attached hydrogen (secondary N) is 1. The molecule has 1 aromatic carbocycles. The van der Waals surface area contributed by atoms with Crippen LogP contribution < -0.4 is 4.72 Å².